The highest BCUT2D eigenvalue weighted by Crippen LogP contribution is 2.41. The molecule has 1 aromatic carbocycles. The number of rotatable bonds is 5. The third-order valence-electron chi connectivity index (χ3n) is 5.79. The van der Waals surface area contributed by atoms with Crippen molar-refractivity contribution >= 4 is 32.8 Å². The fourth-order valence-corrected chi connectivity index (χ4v) is 6.60. The highest BCUT2D eigenvalue weighted by Gasteiger charge is 2.26. The van der Waals surface area contributed by atoms with Gasteiger partial charge in [-0.05, 0) is 50.7 Å². The van der Waals surface area contributed by atoms with Crippen molar-refractivity contribution in [2.75, 3.05) is 11.5 Å². The van der Waals surface area contributed by atoms with Crippen molar-refractivity contribution in [3.63, 3.8) is 0 Å². The quantitative estimate of drug-likeness (QED) is 0.689. The Hall–Kier alpha value is -2.06. The minimum atomic E-state index is -2.46. The van der Waals surface area contributed by atoms with Crippen LogP contribution in [-0.2, 0) is 16.8 Å². The van der Waals surface area contributed by atoms with E-state index in [1.165, 1.54) is 17.9 Å². The molecule has 2 heterocycles. The lowest BCUT2D eigenvalue weighted by Crippen LogP contribution is -2.19. The summed E-state index contributed by atoms with van der Waals surface area (Å²) < 4.78 is 25.3. The first kappa shape index (κ1) is 21.2. The zero-order valence-corrected chi connectivity index (χ0v) is 18.6. The number of ketones is 1. The molecule has 2 aliphatic rings. The van der Waals surface area contributed by atoms with Crippen LogP contribution in [0.5, 0.6) is 5.75 Å². The van der Waals surface area contributed by atoms with Crippen LogP contribution in [0.3, 0.4) is 0 Å². The first-order valence-corrected chi connectivity index (χ1v) is 12.6. The van der Waals surface area contributed by atoms with E-state index < -0.39 is 21.1 Å². The molecule has 1 aliphatic heterocycles. The number of aryl methyl sites for hydroxylation is 1. The van der Waals surface area contributed by atoms with Crippen molar-refractivity contribution < 1.29 is 13.7 Å². The molecule has 0 bridgehead atoms. The van der Waals surface area contributed by atoms with Gasteiger partial charge in [0.2, 0.25) is 5.78 Å². The minimum Gasteiger partial charge on any atom is -0.488 e. The van der Waals surface area contributed by atoms with Gasteiger partial charge in [-0.15, -0.1) is 0 Å². The molecule has 2 fully saturated rings. The normalized spacial score (nSPS) is 19.0. The van der Waals surface area contributed by atoms with Gasteiger partial charge in [0.1, 0.15) is 17.0 Å². The average molecular weight is 452 g/mol. The van der Waals surface area contributed by atoms with Gasteiger partial charge in [0.05, 0.1) is 20.9 Å². The molecule has 1 aliphatic carbocycles. The van der Waals surface area contributed by atoms with Crippen LogP contribution < -0.4 is 10.3 Å². The van der Waals surface area contributed by atoms with Crippen LogP contribution >= 0.6 is 11.6 Å². The van der Waals surface area contributed by atoms with Gasteiger partial charge < -0.3 is 9.84 Å². The van der Waals surface area contributed by atoms with Gasteiger partial charge in [-0.1, -0.05) is 18.0 Å². The zero-order chi connectivity index (χ0) is 21.3. The Balaban J connectivity index is 1.80. The summed E-state index contributed by atoms with van der Waals surface area (Å²) in [6, 6.07) is 3.23. The van der Waals surface area contributed by atoms with E-state index in [0.29, 0.717) is 17.3 Å². The van der Waals surface area contributed by atoms with Gasteiger partial charge in [-0.3, -0.25) is 14.3 Å². The number of benzene rings is 1. The largest absolute Gasteiger partial charge is 0.488 e. The van der Waals surface area contributed by atoms with Crippen LogP contribution in [0.2, 0.25) is 5.02 Å². The van der Waals surface area contributed by atoms with Gasteiger partial charge in [-0.2, -0.15) is 4.36 Å². The molecule has 30 heavy (non-hydrogen) atoms. The number of H-pyrrole nitrogens is 1. The summed E-state index contributed by atoms with van der Waals surface area (Å²) in [7, 11) is -0.920. The molecule has 1 saturated heterocycles. The van der Waals surface area contributed by atoms with Crippen LogP contribution in [0.1, 0.15) is 60.9 Å². The molecular weight excluding hydrogens is 426 g/mol. The lowest BCUT2D eigenvalue weighted by atomic mass is 10.0. The molecule has 0 unspecified atom stereocenters. The maximum Gasteiger partial charge on any atom is 0.277 e. The summed E-state index contributed by atoms with van der Waals surface area (Å²) in [5.74, 6) is 0.994. The van der Waals surface area contributed by atoms with E-state index in [-0.39, 0.29) is 27.9 Å². The van der Waals surface area contributed by atoms with Crippen molar-refractivity contribution in [1.29, 1.82) is 0 Å². The highest BCUT2D eigenvalue weighted by atomic mass is 35.5. The summed E-state index contributed by atoms with van der Waals surface area (Å²) in [6.07, 6.45) is 8.30. The van der Waals surface area contributed by atoms with Crippen molar-refractivity contribution in [3.05, 3.63) is 44.8 Å². The van der Waals surface area contributed by atoms with Crippen molar-refractivity contribution in [3.8, 4) is 5.75 Å². The fraction of sp³-hybridized carbons (Fsp3) is 0.524. The molecule has 1 N–H and O–H groups in total. The van der Waals surface area contributed by atoms with E-state index in [9.17, 15) is 13.8 Å². The number of halogens is 1. The monoisotopic (exact) mass is 451 g/mol. The van der Waals surface area contributed by atoms with Gasteiger partial charge in [0.25, 0.3) is 5.56 Å². The second-order valence-corrected chi connectivity index (χ2v) is 10.9. The number of carbonyl (C=O) groups excluding carboxylic acids is 1. The molecule has 162 valence electrons. The molecule has 0 amide bonds. The molecule has 1 aromatic heterocycles. The predicted octanol–water partition coefficient (Wildman–Crippen LogP) is 4.20. The number of hydrogen-bond acceptors (Lipinski definition) is 5. The topological polar surface area (TPSA) is 93.5 Å². The molecule has 2 aromatic rings. The number of ether oxygens (including phenoxy) is 1. The number of aromatic nitrogens is 2. The summed E-state index contributed by atoms with van der Waals surface area (Å²) in [5.41, 5.74) is -0.00549. The maximum absolute atomic E-state index is 13.3. The predicted molar refractivity (Wildman–Crippen MR) is 118 cm³/mol. The van der Waals surface area contributed by atoms with Crippen molar-refractivity contribution in [1.82, 2.24) is 9.78 Å². The first-order chi connectivity index (χ1) is 14.4. The maximum atomic E-state index is 13.3. The first-order valence-electron chi connectivity index (χ1n) is 10.4. The van der Waals surface area contributed by atoms with E-state index in [0.717, 1.165) is 44.9 Å². The zero-order valence-electron chi connectivity index (χ0n) is 17.0. The highest BCUT2D eigenvalue weighted by molar-refractivity contribution is 7.93. The van der Waals surface area contributed by atoms with Crippen LogP contribution in [-0.4, -0.2) is 37.4 Å². The second kappa shape index (κ2) is 8.59. The number of carbonyl (C=O) groups is 1. The molecule has 1 saturated carbocycles. The van der Waals surface area contributed by atoms with Crippen LogP contribution in [0.4, 0.5) is 5.69 Å². The Bertz CT molecular complexity index is 1130. The fourth-order valence-electron chi connectivity index (χ4n) is 4.05. The summed E-state index contributed by atoms with van der Waals surface area (Å²) in [5, 5.41) is 2.79. The Morgan fingerprint density at radius 1 is 1.17 bits per heavy atom. The van der Waals surface area contributed by atoms with Crippen LogP contribution in [0, 0.1) is 0 Å². The Morgan fingerprint density at radius 3 is 2.50 bits per heavy atom. The van der Waals surface area contributed by atoms with Crippen LogP contribution in [0.15, 0.2) is 27.5 Å². The lowest BCUT2D eigenvalue weighted by Gasteiger charge is -2.19. The standard InChI is InChI=1S/C21H26ClN3O4S/c1-25-21(27)16(13-23-25)20(26)15-9-10-17(29-14-7-3-4-8-14)19(18(15)22)24-30(28)11-5-2-6-12-30/h9-10,13-14,23H,2-8,11-12H2,1H3. The number of nitrogens with zero attached hydrogens (tertiary/aromatic N) is 2. The van der Waals surface area contributed by atoms with E-state index in [1.807, 2.05) is 0 Å². The van der Waals surface area contributed by atoms with E-state index >= 15 is 0 Å². The Kier molecular flexibility index (Phi) is 6.06. The summed E-state index contributed by atoms with van der Waals surface area (Å²) in [4.78, 5) is 25.2. The minimum absolute atomic E-state index is 0.00309. The molecular formula is C21H26ClN3O4S. The second-order valence-electron chi connectivity index (χ2n) is 8.01. The molecule has 0 atom stereocenters. The molecule has 4 rings (SSSR count). The van der Waals surface area contributed by atoms with E-state index in [2.05, 4.69) is 9.46 Å². The Morgan fingerprint density at radius 2 is 1.87 bits per heavy atom. The smallest absolute Gasteiger partial charge is 0.277 e. The average Bonchev–Trinajstić information content (AvgIpc) is 3.35. The van der Waals surface area contributed by atoms with Gasteiger partial charge in [-0.25, -0.2) is 4.21 Å². The number of hydrogen-bond donors (Lipinski definition) is 1. The SMILES string of the molecule is Cn1[nH]cc(C(=O)c2ccc(OC3CCCC3)c(N=S3(=O)CCCCC3)c2Cl)c1=O. The summed E-state index contributed by atoms with van der Waals surface area (Å²) in [6.45, 7) is 0. The van der Waals surface area contributed by atoms with Gasteiger partial charge in [0.15, 0.2) is 0 Å². The number of nitrogens with one attached hydrogen (secondary N) is 1. The molecule has 0 spiro atoms. The summed E-state index contributed by atoms with van der Waals surface area (Å²) >= 11 is 6.65. The van der Waals surface area contributed by atoms with Gasteiger partial charge in [0, 0.05) is 30.3 Å². The van der Waals surface area contributed by atoms with Crippen LogP contribution in [0.25, 0.3) is 0 Å². The van der Waals surface area contributed by atoms with Gasteiger partial charge >= 0.3 is 0 Å². The molecule has 9 heteroatoms. The third-order valence-corrected chi connectivity index (χ3v) is 8.54. The third kappa shape index (κ3) is 4.21. The van der Waals surface area contributed by atoms with Crippen molar-refractivity contribution in [2.45, 2.75) is 51.0 Å². The van der Waals surface area contributed by atoms with E-state index in [4.69, 9.17) is 16.3 Å². The number of aromatic amines is 1. The van der Waals surface area contributed by atoms with Crippen molar-refractivity contribution in [2.24, 2.45) is 11.4 Å². The Labute approximate surface area is 180 Å². The molecule has 0 radical (unpaired) electrons. The van der Waals surface area contributed by atoms with E-state index in [1.54, 1.807) is 12.1 Å². The lowest BCUT2D eigenvalue weighted by molar-refractivity contribution is 0.103. The molecule has 7 nitrogen and oxygen atoms in total.